The van der Waals surface area contributed by atoms with Gasteiger partial charge in [-0.2, -0.15) is 0 Å². The lowest BCUT2D eigenvalue weighted by Gasteiger charge is -2.57. The van der Waals surface area contributed by atoms with E-state index in [0.29, 0.717) is 29.5 Å². The van der Waals surface area contributed by atoms with Gasteiger partial charge in [0.15, 0.2) is 0 Å². The van der Waals surface area contributed by atoms with Crippen LogP contribution in [0.3, 0.4) is 0 Å². The molecule has 3 aliphatic heterocycles. The molecule has 30 heavy (non-hydrogen) atoms. The molecule has 2 aromatic rings. The van der Waals surface area contributed by atoms with Crippen LogP contribution < -0.4 is 0 Å². The zero-order valence-electron chi connectivity index (χ0n) is 18.3. The van der Waals surface area contributed by atoms with Crippen LogP contribution in [-0.2, 0) is 0 Å². The van der Waals surface area contributed by atoms with E-state index in [4.69, 9.17) is 0 Å². The summed E-state index contributed by atoms with van der Waals surface area (Å²) in [6.07, 6.45) is 11.2. The summed E-state index contributed by atoms with van der Waals surface area (Å²) in [5.41, 5.74) is 2.24. The van der Waals surface area contributed by atoms with Crippen LogP contribution in [0.2, 0.25) is 0 Å². The molecule has 0 aliphatic carbocycles. The van der Waals surface area contributed by atoms with E-state index in [-0.39, 0.29) is 5.91 Å². The Bertz CT molecular complexity index is 908. The lowest BCUT2D eigenvalue weighted by Crippen LogP contribution is -2.64. The number of fused-ring (bicyclic) bond motifs is 5. The van der Waals surface area contributed by atoms with Gasteiger partial charge in [0.2, 0.25) is 0 Å². The maximum Gasteiger partial charge on any atom is 0.256 e. The van der Waals surface area contributed by atoms with Crippen LogP contribution in [0.15, 0.2) is 30.6 Å². The number of carbonyl (C=O) groups excluding carboxylic acids is 1. The maximum atomic E-state index is 13.6. The van der Waals surface area contributed by atoms with Crippen molar-refractivity contribution in [3.63, 3.8) is 0 Å². The van der Waals surface area contributed by atoms with Gasteiger partial charge in [0.1, 0.15) is 5.52 Å². The Morgan fingerprint density at radius 3 is 2.83 bits per heavy atom. The normalized spacial score (nSPS) is 29.2. The third kappa shape index (κ3) is 3.62. The lowest BCUT2D eigenvalue weighted by atomic mass is 9.71. The Labute approximate surface area is 179 Å². The first-order valence-electron chi connectivity index (χ1n) is 11.9. The SMILES string of the molecule is CC(C)CC[C@H]1[C@H]2C[C@H](CN(C(=O)c3cccc4nccnc34)C2)[C@@H]2CCCCN21. The first kappa shape index (κ1) is 19.9. The quantitative estimate of drug-likeness (QED) is 0.756. The third-order valence-corrected chi connectivity index (χ3v) is 7.68. The molecule has 0 radical (unpaired) electrons. The number of aromatic nitrogens is 2. The molecule has 4 heterocycles. The van der Waals surface area contributed by atoms with E-state index in [1.165, 1.54) is 45.1 Å². The predicted octanol–water partition coefficient (Wildman–Crippen LogP) is 4.38. The van der Waals surface area contributed by atoms with Gasteiger partial charge in [0.05, 0.1) is 11.1 Å². The van der Waals surface area contributed by atoms with Crippen LogP contribution >= 0.6 is 0 Å². The van der Waals surface area contributed by atoms with Crippen molar-refractivity contribution in [2.24, 2.45) is 17.8 Å². The van der Waals surface area contributed by atoms with Gasteiger partial charge >= 0.3 is 0 Å². The highest BCUT2D eigenvalue weighted by atomic mass is 16.2. The zero-order chi connectivity index (χ0) is 20.7. The molecular formula is C25H34N4O. The molecule has 3 aliphatic rings. The Hall–Kier alpha value is -2.01. The molecule has 5 heteroatoms. The van der Waals surface area contributed by atoms with Crippen LogP contribution in [0.5, 0.6) is 0 Å². The summed E-state index contributed by atoms with van der Waals surface area (Å²) in [5, 5.41) is 0. The van der Waals surface area contributed by atoms with Gasteiger partial charge in [-0.3, -0.25) is 19.7 Å². The van der Waals surface area contributed by atoms with Gasteiger partial charge in [-0.05, 0) is 68.5 Å². The highest BCUT2D eigenvalue weighted by Crippen LogP contribution is 2.43. The average molecular weight is 407 g/mol. The number of hydrogen-bond acceptors (Lipinski definition) is 4. The van der Waals surface area contributed by atoms with E-state index in [0.717, 1.165) is 30.0 Å². The number of hydrogen-bond donors (Lipinski definition) is 0. The first-order valence-corrected chi connectivity index (χ1v) is 11.9. The fourth-order valence-electron chi connectivity index (χ4n) is 6.31. The van der Waals surface area contributed by atoms with E-state index in [1.807, 2.05) is 18.2 Å². The van der Waals surface area contributed by atoms with Crippen LogP contribution in [-0.4, -0.2) is 57.4 Å². The summed E-state index contributed by atoms with van der Waals surface area (Å²) in [5.74, 6) is 2.09. The minimum Gasteiger partial charge on any atom is -0.338 e. The predicted molar refractivity (Wildman–Crippen MR) is 119 cm³/mol. The second kappa shape index (κ2) is 8.26. The van der Waals surface area contributed by atoms with Gasteiger partial charge in [0.25, 0.3) is 5.91 Å². The molecule has 4 atom stereocenters. The van der Waals surface area contributed by atoms with E-state index >= 15 is 0 Å². The van der Waals surface area contributed by atoms with Crippen LogP contribution in [0.25, 0.3) is 11.0 Å². The van der Waals surface area contributed by atoms with Crippen molar-refractivity contribution in [1.82, 2.24) is 19.8 Å². The summed E-state index contributed by atoms with van der Waals surface area (Å²) >= 11 is 0. The lowest BCUT2D eigenvalue weighted by molar-refractivity contribution is -0.0681. The van der Waals surface area contributed by atoms with Crippen molar-refractivity contribution >= 4 is 16.9 Å². The molecule has 2 bridgehead atoms. The summed E-state index contributed by atoms with van der Waals surface area (Å²) in [6, 6.07) is 7.09. The second-order valence-corrected chi connectivity index (χ2v) is 10.0. The number of likely N-dealkylation sites (tertiary alicyclic amines) is 1. The van der Waals surface area contributed by atoms with Gasteiger partial charge in [-0.15, -0.1) is 0 Å². The van der Waals surface area contributed by atoms with Crippen LogP contribution in [0.1, 0.15) is 62.7 Å². The maximum absolute atomic E-state index is 13.6. The van der Waals surface area contributed by atoms with Crippen molar-refractivity contribution in [1.29, 1.82) is 0 Å². The van der Waals surface area contributed by atoms with E-state index in [2.05, 4.69) is 33.6 Å². The number of amides is 1. The Morgan fingerprint density at radius 2 is 1.97 bits per heavy atom. The van der Waals surface area contributed by atoms with Gasteiger partial charge in [0, 0.05) is 37.6 Å². The molecule has 1 amide bonds. The average Bonchev–Trinajstić information content (AvgIpc) is 2.78. The van der Waals surface area contributed by atoms with Crippen molar-refractivity contribution < 1.29 is 4.79 Å². The summed E-state index contributed by atoms with van der Waals surface area (Å²) in [4.78, 5) is 27.5. The molecule has 0 saturated carbocycles. The van der Waals surface area contributed by atoms with Crippen molar-refractivity contribution in [3.05, 3.63) is 36.2 Å². The van der Waals surface area contributed by atoms with E-state index in [1.54, 1.807) is 12.4 Å². The number of rotatable bonds is 4. The molecule has 3 fully saturated rings. The number of piperidine rings is 3. The monoisotopic (exact) mass is 406 g/mol. The molecule has 1 aromatic heterocycles. The minimum atomic E-state index is 0.141. The first-order chi connectivity index (χ1) is 14.6. The smallest absolute Gasteiger partial charge is 0.256 e. The second-order valence-electron chi connectivity index (χ2n) is 10.0. The number of para-hydroxylation sites is 1. The molecule has 5 nitrogen and oxygen atoms in total. The minimum absolute atomic E-state index is 0.141. The van der Waals surface area contributed by atoms with Crippen LogP contribution in [0, 0.1) is 17.8 Å². The number of benzene rings is 1. The summed E-state index contributed by atoms with van der Waals surface area (Å²) < 4.78 is 0. The van der Waals surface area contributed by atoms with Crippen molar-refractivity contribution in [2.75, 3.05) is 19.6 Å². The van der Waals surface area contributed by atoms with Gasteiger partial charge < -0.3 is 4.90 Å². The fourth-order valence-corrected chi connectivity index (χ4v) is 6.31. The Morgan fingerprint density at radius 1 is 1.13 bits per heavy atom. The molecule has 0 N–H and O–H groups in total. The molecule has 0 spiro atoms. The number of nitrogens with zero attached hydrogens (tertiary/aromatic N) is 4. The van der Waals surface area contributed by atoms with Crippen molar-refractivity contribution in [2.45, 2.75) is 64.5 Å². The zero-order valence-corrected chi connectivity index (χ0v) is 18.3. The highest BCUT2D eigenvalue weighted by Gasteiger charge is 2.47. The molecular weight excluding hydrogens is 372 g/mol. The molecule has 1 aromatic carbocycles. The number of carbonyl (C=O) groups is 1. The summed E-state index contributed by atoms with van der Waals surface area (Å²) in [6.45, 7) is 7.70. The fraction of sp³-hybridized carbons (Fsp3) is 0.640. The summed E-state index contributed by atoms with van der Waals surface area (Å²) in [7, 11) is 0. The van der Waals surface area contributed by atoms with Gasteiger partial charge in [-0.1, -0.05) is 26.3 Å². The van der Waals surface area contributed by atoms with Crippen LogP contribution in [0.4, 0.5) is 0 Å². The van der Waals surface area contributed by atoms with Gasteiger partial charge in [-0.25, -0.2) is 0 Å². The molecule has 5 rings (SSSR count). The van der Waals surface area contributed by atoms with E-state index in [9.17, 15) is 4.79 Å². The molecule has 3 saturated heterocycles. The Balaban J connectivity index is 1.42. The van der Waals surface area contributed by atoms with Crippen molar-refractivity contribution in [3.8, 4) is 0 Å². The Kier molecular flexibility index (Phi) is 5.48. The molecule has 160 valence electrons. The highest BCUT2D eigenvalue weighted by molar-refractivity contribution is 6.04. The largest absolute Gasteiger partial charge is 0.338 e. The third-order valence-electron chi connectivity index (χ3n) is 7.68. The standard InChI is InChI=1S/C25H34N4O/c1-17(2)9-10-23-19-14-18(22-8-3-4-13-29(22)23)15-28(16-19)25(30)20-6-5-7-21-24(20)27-12-11-26-21/h5-7,11-12,17-19,22-23H,3-4,8-10,13-16H2,1-2H3/t18-,19+,22+,23+/m1/s1. The topological polar surface area (TPSA) is 49.3 Å². The molecule has 0 unspecified atom stereocenters. The van der Waals surface area contributed by atoms with E-state index < -0.39 is 0 Å².